The van der Waals surface area contributed by atoms with E-state index in [2.05, 4.69) is 10.4 Å². The van der Waals surface area contributed by atoms with E-state index in [1.54, 1.807) is 24.3 Å². The maximum Gasteiger partial charge on any atom is 0.511 e. The fourth-order valence-electron chi connectivity index (χ4n) is 0.608. The second-order valence-electron chi connectivity index (χ2n) is 1.71. The minimum Gasteiger partial charge on any atom is -0.395 e. The van der Waals surface area contributed by atoms with Crippen molar-refractivity contribution in [3.05, 3.63) is 24.3 Å². The number of benzene rings is 1. The zero-order chi connectivity index (χ0) is 7.40. The molecule has 0 spiro atoms. The lowest BCUT2D eigenvalue weighted by Crippen LogP contribution is -2.07. The molecule has 1 rings (SSSR count). The summed E-state index contributed by atoms with van der Waals surface area (Å²) in [6.45, 7) is 0. The molecule has 0 atom stereocenters. The van der Waals surface area contributed by atoms with Gasteiger partial charge in [-0.3, -0.25) is 0 Å². The molecule has 0 saturated heterocycles. The first-order valence-corrected chi connectivity index (χ1v) is 2.70. The molecule has 0 heterocycles. The summed E-state index contributed by atoms with van der Waals surface area (Å²) in [5.74, 6) is 8.34. The van der Waals surface area contributed by atoms with Crippen molar-refractivity contribution in [1.29, 1.82) is 0 Å². The van der Waals surface area contributed by atoms with Gasteiger partial charge in [0.15, 0.2) is 0 Å². The maximum atomic E-state index is 7.99. The van der Waals surface area contributed by atoms with Crippen LogP contribution in [0.25, 0.3) is 0 Å². The van der Waals surface area contributed by atoms with Crippen LogP contribution < -0.4 is 22.0 Å². The van der Waals surface area contributed by atoms with Gasteiger partial charge in [-0.2, -0.15) is 4.84 Å². The second-order valence-corrected chi connectivity index (χ2v) is 1.71. The first kappa shape index (κ1) is 6.85. The van der Waals surface area contributed by atoms with Gasteiger partial charge in [-0.15, -0.1) is 0 Å². The van der Waals surface area contributed by atoms with Crippen molar-refractivity contribution in [3.8, 4) is 5.75 Å². The monoisotopic (exact) mass is 136 g/mol. The molecule has 0 saturated carbocycles. The lowest BCUT2D eigenvalue weighted by molar-refractivity contribution is 0.181. The van der Waals surface area contributed by atoms with Crippen molar-refractivity contribution in [2.75, 3.05) is 5.73 Å². The van der Waals surface area contributed by atoms with Crippen LogP contribution in [0.4, 0.5) is 5.69 Å². The molecule has 4 radical (unpaired) electrons. The SMILES string of the molecule is [N][N+]Oc1ccccc1N. The van der Waals surface area contributed by atoms with Gasteiger partial charge in [0.1, 0.15) is 0 Å². The smallest absolute Gasteiger partial charge is 0.395 e. The number of anilines is 1. The Morgan fingerprint density at radius 2 is 2.10 bits per heavy atom. The summed E-state index contributed by atoms with van der Waals surface area (Å²) in [7, 11) is 0. The van der Waals surface area contributed by atoms with E-state index < -0.39 is 0 Å². The molecule has 0 fully saturated rings. The number of hydrogen-bond donors (Lipinski definition) is 1. The Bertz CT molecular complexity index is 214. The van der Waals surface area contributed by atoms with Crippen LogP contribution in [0.5, 0.6) is 5.75 Å². The molecule has 10 heavy (non-hydrogen) atoms. The van der Waals surface area contributed by atoms with E-state index in [1.807, 2.05) is 0 Å². The number of para-hydroxylation sites is 2. The predicted octanol–water partition coefficient (Wildman–Crippen LogP) is 0.151. The van der Waals surface area contributed by atoms with E-state index in [9.17, 15) is 0 Å². The number of nitrogens with two attached hydrogens (primary N) is 1. The molecule has 0 aliphatic rings. The van der Waals surface area contributed by atoms with E-state index in [-0.39, 0.29) is 0 Å². The average molecular weight is 136 g/mol. The van der Waals surface area contributed by atoms with Crippen molar-refractivity contribution in [2.45, 2.75) is 0 Å². The summed E-state index contributed by atoms with van der Waals surface area (Å²) in [5.41, 5.74) is 8.34. The molecule has 2 N–H and O–H groups in total. The van der Waals surface area contributed by atoms with Crippen molar-refractivity contribution in [1.82, 2.24) is 11.4 Å². The molecule has 1 aromatic carbocycles. The fourth-order valence-corrected chi connectivity index (χ4v) is 0.608. The number of nitrogens with zero attached hydrogens (tertiary/aromatic N) is 2. The quantitative estimate of drug-likeness (QED) is 0.464. The molecule has 0 unspecified atom stereocenters. The van der Waals surface area contributed by atoms with Crippen molar-refractivity contribution in [2.24, 2.45) is 0 Å². The van der Waals surface area contributed by atoms with Crippen LogP contribution in [0.1, 0.15) is 0 Å². The summed E-state index contributed by atoms with van der Waals surface area (Å²) in [6, 6.07) is 6.76. The summed E-state index contributed by atoms with van der Waals surface area (Å²) < 4.78 is 0. The lowest BCUT2D eigenvalue weighted by Gasteiger charge is -1.92. The third kappa shape index (κ3) is 1.37. The number of rotatable bonds is 2. The van der Waals surface area contributed by atoms with Gasteiger partial charge in [0.2, 0.25) is 5.75 Å². The van der Waals surface area contributed by atoms with Gasteiger partial charge in [0, 0.05) is 0 Å². The van der Waals surface area contributed by atoms with Gasteiger partial charge >= 0.3 is 11.4 Å². The molecular weight excluding hydrogens is 130 g/mol. The number of hydrogen-bond acceptors (Lipinski definition) is 2. The molecule has 0 aliphatic carbocycles. The van der Waals surface area contributed by atoms with Gasteiger partial charge in [-0.1, -0.05) is 12.1 Å². The molecule has 0 amide bonds. The molecule has 0 bridgehead atoms. The third-order valence-electron chi connectivity index (χ3n) is 1.06. The molecule has 4 heteroatoms. The van der Waals surface area contributed by atoms with Crippen LogP contribution >= 0.6 is 0 Å². The first-order chi connectivity index (χ1) is 4.84. The van der Waals surface area contributed by atoms with E-state index in [4.69, 9.17) is 11.6 Å². The Balaban J connectivity index is 2.81. The highest BCUT2D eigenvalue weighted by molar-refractivity contribution is 5.51. The van der Waals surface area contributed by atoms with E-state index in [0.29, 0.717) is 11.4 Å². The second kappa shape index (κ2) is 3.05. The summed E-state index contributed by atoms with van der Waals surface area (Å²) >= 11 is 0. The minimum atomic E-state index is 0.352. The van der Waals surface area contributed by atoms with E-state index >= 15 is 0 Å². The Hall–Kier alpha value is -1.26. The molecule has 0 aliphatic heterocycles. The van der Waals surface area contributed by atoms with Gasteiger partial charge in [0.05, 0.1) is 5.69 Å². The normalized spacial score (nSPS) is 9.30. The van der Waals surface area contributed by atoms with Crippen LogP contribution in [0, 0.1) is 0 Å². The van der Waals surface area contributed by atoms with E-state index in [1.165, 1.54) is 0 Å². The summed E-state index contributed by atoms with van der Waals surface area (Å²) in [5, 5.41) is 0. The van der Waals surface area contributed by atoms with Crippen LogP contribution in [0.15, 0.2) is 24.3 Å². The zero-order valence-electron chi connectivity index (χ0n) is 5.19. The van der Waals surface area contributed by atoms with Gasteiger partial charge in [-0.25, -0.2) is 0 Å². The average Bonchev–Trinajstić information content (AvgIpc) is 1.94. The molecule has 50 valence electrons. The van der Waals surface area contributed by atoms with Crippen LogP contribution in [-0.4, -0.2) is 0 Å². The van der Waals surface area contributed by atoms with E-state index in [0.717, 1.165) is 0 Å². The fraction of sp³-hybridized carbons (Fsp3) is 0. The lowest BCUT2D eigenvalue weighted by atomic mass is 10.3. The Kier molecular flexibility index (Phi) is 2.09. The van der Waals surface area contributed by atoms with Gasteiger partial charge in [-0.05, 0) is 12.1 Å². The maximum absolute atomic E-state index is 7.99. The molecule has 1 aromatic rings. The molecule has 4 nitrogen and oxygen atoms in total. The highest BCUT2D eigenvalue weighted by Gasteiger charge is 2.07. The van der Waals surface area contributed by atoms with Crippen molar-refractivity contribution in [3.63, 3.8) is 0 Å². The minimum absolute atomic E-state index is 0.352. The Morgan fingerprint density at radius 3 is 2.70 bits per heavy atom. The Labute approximate surface area is 58.7 Å². The largest absolute Gasteiger partial charge is 0.511 e. The van der Waals surface area contributed by atoms with Crippen LogP contribution in [0.3, 0.4) is 0 Å². The molecule has 0 aromatic heterocycles. The highest BCUT2D eigenvalue weighted by atomic mass is 16.7. The molecular formula is C6H6N3O+. The van der Waals surface area contributed by atoms with Crippen LogP contribution in [-0.2, 0) is 0 Å². The van der Waals surface area contributed by atoms with Crippen molar-refractivity contribution >= 4 is 5.69 Å². The predicted molar refractivity (Wildman–Crippen MR) is 35.8 cm³/mol. The zero-order valence-corrected chi connectivity index (χ0v) is 5.19. The topological polar surface area (TPSA) is 71.7 Å². The standard InChI is InChI=1S/C6H6N3O/c7-5-3-1-2-4-6(5)10-9-8/h1-4H,7H2/q+1. The summed E-state index contributed by atoms with van der Waals surface area (Å²) in [4.78, 5) is 4.39. The van der Waals surface area contributed by atoms with Gasteiger partial charge < -0.3 is 5.73 Å². The highest BCUT2D eigenvalue weighted by Crippen LogP contribution is 2.18. The Morgan fingerprint density at radius 1 is 1.40 bits per heavy atom. The number of nitrogen functional groups attached to an aromatic ring is 1. The van der Waals surface area contributed by atoms with Crippen molar-refractivity contribution < 1.29 is 4.84 Å². The van der Waals surface area contributed by atoms with Crippen LogP contribution in [0.2, 0.25) is 0 Å². The third-order valence-corrected chi connectivity index (χ3v) is 1.06. The first-order valence-electron chi connectivity index (χ1n) is 2.70. The summed E-state index contributed by atoms with van der Waals surface area (Å²) in [6.07, 6.45) is 0. The van der Waals surface area contributed by atoms with Gasteiger partial charge in [0.25, 0.3) is 0 Å².